The average Bonchev–Trinajstić information content (AvgIpc) is 2.42. The van der Waals surface area contributed by atoms with E-state index in [0.717, 1.165) is 11.3 Å². The van der Waals surface area contributed by atoms with Crippen molar-refractivity contribution in [2.45, 2.75) is 39.8 Å². The minimum Gasteiger partial charge on any atom is -0.336 e. The van der Waals surface area contributed by atoms with Crippen LogP contribution in [0.25, 0.3) is 0 Å². The van der Waals surface area contributed by atoms with Crippen LogP contribution in [0.3, 0.4) is 0 Å². The lowest BCUT2D eigenvalue weighted by molar-refractivity contribution is -0.124. The van der Waals surface area contributed by atoms with Crippen LogP contribution in [0.2, 0.25) is 0 Å². The highest BCUT2D eigenvalue weighted by atomic mass is 16.2. The predicted octanol–water partition coefficient (Wildman–Crippen LogP) is 2.15. The zero-order valence-corrected chi connectivity index (χ0v) is 13.1. The van der Waals surface area contributed by atoms with Gasteiger partial charge in [0.1, 0.15) is 6.04 Å². The second kappa shape index (κ2) is 6.16. The highest BCUT2D eigenvalue weighted by Gasteiger charge is 2.35. The van der Waals surface area contributed by atoms with Gasteiger partial charge in [-0.3, -0.25) is 4.79 Å². The van der Waals surface area contributed by atoms with Crippen molar-refractivity contribution >= 4 is 17.6 Å². The molecule has 1 saturated heterocycles. The molecule has 2 rings (SSSR count). The largest absolute Gasteiger partial charge is 0.336 e. The number of hydrogen-bond acceptors (Lipinski definition) is 2. The first-order valence-corrected chi connectivity index (χ1v) is 7.35. The number of rotatable bonds is 2. The van der Waals surface area contributed by atoms with Gasteiger partial charge in [0, 0.05) is 24.8 Å². The molecule has 5 nitrogen and oxygen atoms in total. The Hall–Kier alpha value is -2.04. The Morgan fingerprint density at radius 1 is 1.24 bits per heavy atom. The maximum absolute atomic E-state index is 12.5. The summed E-state index contributed by atoms with van der Waals surface area (Å²) in [6.45, 7) is 8.68. The van der Waals surface area contributed by atoms with Crippen LogP contribution in [0, 0.1) is 6.92 Å². The molecule has 1 aliphatic rings. The summed E-state index contributed by atoms with van der Waals surface area (Å²) in [7, 11) is 0. The van der Waals surface area contributed by atoms with Gasteiger partial charge < -0.3 is 15.1 Å². The smallest absolute Gasteiger partial charge is 0.318 e. The van der Waals surface area contributed by atoms with E-state index in [-0.39, 0.29) is 18.0 Å². The fourth-order valence-electron chi connectivity index (χ4n) is 2.46. The van der Waals surface area contributed by atoms with E-state index in [9.17, 15) is 9.59 Å². The molecule has 0 bridgehead atoms. The first kappa shape index (κ1) is 15.4. The molecule has 0 spiro atoms. The fourth-order valence-corrected chi connectivity index (χ4v) is 2.46. The van der Waals surface area contributed by atoms with E-state index in [1.807, 2.05) is 45.0 Å². The van der Waals surface area contributed by atoms with Crippen molar-refractivity contribution in [1.29, 1.82) is 0 Å². The summed E-state index contributed by atoms with van der Waals surface area (Å²) in [5.41, 5.74) is 2.05. The second-order valence-electron chi connectivity index (χ2n) is 5.80. The van der Waals surface area contributed by atoms with Gasteiger partial charge in [-0.25, -0.2) is 4.79 Å². The van der Waals surface area contributed by atoms with Gasteiger partial charge in [-0.2, -0.15) is 0 Å². The van der Waals surface area contributed by atoms with E-state index < -0.39 is 6.04 Å². The molecule has 0 saturated carbocycles. The molecule has 5 heteroatoms. The van der Waals surface area contributed by atoms with Gasteiger partial charge in [-0.05, 0) is 39.8 Å². The number of carbonyl (C=O) groups excluding carboxylic acids is 2. The molecule has 0 aromatic heterocycles. The Labute approximate surface area is 125 Å². The van der Waals surface area contributed by atoms with E-state index in [4.69, 9.17) is 0 Å². The average molecular weight is 289 g/mol. The van der Waals surface area contributed by atoms with E-state index in [0.29, 0.717) is 13.1 Å². The van der Waals surface area contributed by atoms with Crippen LogP contribution >= 0.6 is 0 Å². The molecule has 114 valence electrons. The fraction of sp³-hybridized carbons (Fsp3) is 0.500. The number of benzene rings is 1. The van der Waals surface area contributed by atoms with Gasteiger partial charge in [-0.1, -0.05) is 17.7 Å². The zero-order valence-electron chi connectivity index (χ0n) is 13.1. The third-order valence-electron chi connectivity index (χ3n) is 3.67. The molecule has 1 aromatic carbocycles. The van der Waals surface area contributed by atoms with Crippen molar-refractivity contribution in [3.05, 3.63) is 29.8 Å². The summed E-state index contributed by atoms with van der Waals surface area (Å²) in [5, 5.41) is 2.84. The number of urea groups is 1. The molecule has 0 aliphatic carbocycles. The summed E-state index contributed by atoms with van der Waals surface area (Å²) >= 11 is 0. The van der Waals surface area contributed by atoms with Crippen molar-refractivity contribution in [2.75, 3.05) is 18.0 Å². The molecular formula is C16H23N3O2. The van der Waals surface area contributed by atoms with Crippen LogP contribution in [0.4, 0.5) is 10.5 Å². The molecule has 1 atom stereocenters. The Bertz CT molecular complexity index is 525. The van der Waals surface area contributed by atoms with Crippen molar-refractivity contribution in [2.24, 2.45) is 0 Å². The van der Waals surface area contributed by atoms with E-state index in [1.165, 1.54) is 0 Å². The number of piperazine rings is 1. The first-order chi connectivity index (χ1) is 9.90. The van der Waals surface area contributed by atoms with Gasteiger partial charge in [0.05, 0.1) is 0 Å². The van der Waals surface area contributed by atoms with Crippen LogP contribution in [-0.2, 0) is 4.79 Å². The molecule has 21 heavy (non-hydrogen) atoms. The number of nitrogens with one attached hydrogen (secondary N) is 1. The van der Waals surface area contributed by atoms with E-state index in [2.05, 4.69) is 5.32 Å². The summed E-state index contributed by atoms with van der Waals surface area (Å²) in [5.74, 6) is -0.0380. The number of hydrogen-bond donors (Lipinski definition) is 1. The SMILES string of the molecule is Cc1ccc(N2CCN(C(=O)NC(C)C)[C@H](C)C2=O)cc1. The van der Waals surface area contributed by atoms with Gasteiger partial charge >= 0.3 is 6.03 Å². The van der Waals surface area contributed by atoms with Gasteiger partial charge in [0.25, 0.3) is 0 Å². The third-order valence-corrected chi connectivity index (χ3v) is 3.67. The minimum atomic E-state index is -0.446. The monoisotopic (exact) mass is 289 g/mol. The number of aryl methyl sites for hydroxylation is 1. The number of nitrogens with zero attached hydrogens (tertiary/aromatic N) is 2. The molecule has 3 amide bonds. The summed E-state index contributed by atoms with van der Waals surface area (Å²) in [6, 6.07) is 7.33. The predicted molar refractivity (Wildman–Crippen MR) is 83.4 cm³/mol. The minimum absolute atomic E-state index is 0.0380. The van der Waals surface area contributed by atoms with Crippen LogP contribution in [-0.4, -0.2) is 42.0 Å². The quantitative estimate of drug-likeness (QED) is 0.907. The van der Waals surface area contributed by atoms with Crippen molar-refractivity contribution in [1.82, 2.24) is 10.2 Å². The van der Waals surface area contributed by atoms with Crippen LogP contribution in [0.15, 0.2) is 24.3 Å². The highest BCUT2D eigenvalue weighted by Crippen LogP contribution is 2.21. The zero-order chi connectivity index (χ0) is 15.6. The Balaban J connectivity index is 2.10. The number of amides is 3. The maximum atomic E-state index is 12.5. The van der Waals surface area contributed by atoms with Gasteiger partial charge in [0.2, 0.25) is 5.91 Å². The topological polar surface area (TPSA) is 52.6 Å². The molecule has 1 fully saturated rings. The number of carbonyl (C=O) groups is 2. The highest BCUT2D eigenvalue weighted by molar-refractivity contribution is 6.00. The van der Waals surface area contributed by atoms with E-state index in [1.54, 1.807) is 16.7 Å². The lowest BCUT2D eigenvalue weighted by Crippen LogP contribution is -2.60. The van der Waals surface area contributed by atoms with Gasteiger partial charge in [0.15, 0.2) is 0 Å². The Morgan fingerprint density at radius 2 is 1.86 bits per heavy atom. The summed E-state index contributed by atoms with van der Waals surface area (Å²) in [6.07, 6.45) is 0. The molecule has 1 aromatic rings. The molecule has 0 unspecified atom stereocenters. The molecule has 1 N–H and O–H groups in total. The van der Waals surface area contributed by atoms with Crippen LogP contribution < -0.4 is 10.2 Å². The third kappa shape index (κ3) is 3.35. The molecule has 1 heterocycles. The van der Waals surface area contributed by atoms with Crippen molar-refractivity contribution in [3.63, 3.8) is 0 Å². The Morgan fingerprint density at radius 3 is 2.43 bits per heavy atom. The summed E-state index contributed by atoms with van der Waals surface area (Å²) < 4.78 is 0. The lowest BCUT2D eigenvalue weighted by Gasteiger charge is -2.39. The number of anilines is 1. The molecular weight excluding hydrogens is 266 g/mol. The molecule has 1 aliphatic heterocycles. The maximum Gasteiger partial charge on any atom is 0.318 e. The van der Waals surface area contributed by atoms with Gasteiger partial charge in [-0.15, -0.1) is 0 Å². The lowest BCUT2D eigenvalue weighted by atomic mass is 10.1. The van der Waals surface area contributed by atoms with Crippen LogP contribution in [0.5, 0.6) is 0 Å². The summed E-state index contributed by atoms with van der Waals surface area (Å²) in [4.78, 5) is 28.0. The van der Waals surface area contributed by atoms with Crippen LogP contribution in [0.1, 0.15) is 26.3 Å². The van der Waals surface area contributed by atoms with E-state index >= 15 is 0 Å². The Kier molecular flexibility index (Phi) is 4.50. The molecule has 0 radical (unpaired) electrons. The normalized spacial score (nSPS) is 19.1. The van der Waals surface area contributed by atoms with Crippen molar-refractivity contribution in [3.8, 4) is 0 Å². The first-order valence-electron chi connectivity index (χ1n) is 7.35. The second-order valence-corrected chi connectivity index (χ2v) is 5.80. The standard InChI is InChI=1S/C16H23N3O2/c1-11(2)17-16(21)18-9-10-19(15(20)13(18)4)14-7-5-12(3)6-8-14/h5-8,11,13H,9-10H2,1-4H3,(H,17,21)/t13-/m1/s1. The van der Waals surface area contributed by atoms with Crippen molar-refractivity contribution < 1.29 is 9.59 Å².